The lowest BCUT2D eigenvalue weighted by Gasteiger charge is -2.07. The van der Waals surface area contributed by atoms with E-state index in [0.717, 1.165) is 45.9 Å². The topological polar surface area (TPSA) is 48.0 Å². The standard InChI is InChI=1S/C19H20FN5/c1-11(2)9-16-22-19-17-12(3)13(4)25(15-7-5-14(20)6-8-15)18(17)21-10-24(19)23-16/h5-8,10-11H,9H2,1-4H3. The first kappa shape index (κ1) is 15.7. The molecule has 0 N–H and O–H groups in total. The van der Waals surface area contributed by atoms with Crippen LogP contribution in [0.15, 0.2) is 30.6 Å². The molecular weight excluding hydrogens is 317 g/mol. The molecule has 1 aromatic carbocycles. The summed E-state index contributed by atoms with van der Waals surface area (Å²) >= 11 is 0. The lowest BCUT2D eigenvalue weighted by Crippen LogP contribution is -1.99. The monoisotopic (exact) mass is 337 g/mol. The van der Waals surface area contributed by atoms with E-state index in [1.54, 1.807) is 23.0 Å². The Hall–Kier alpha value is -2.76. The Morgan fingerprint density at radius 3 is 2.48 bits per heavy atom. The summed E-state index contributed by atoms with van der Waals surface area (Å²) in [5.74, 6) is 1.07. The summed E-state index contributed by atoms with van der Waals surface area (Å²) in [4.78, 5) is 9.35. The molecule has 0 unspecified atom stereocenters. The highest BCUT2D eigenvalue weighted by atomic mass is 19.1. The molecule has 0 saturated carbocycles. The van der Waals surface area contributed by atoms with Gasteiger partial charge in [-0.3, -0.25) is 4.57 Å². The van der Waals surface area contributed by atoms with Crippen molar-refractivity contribution in [2.24, 2.45) is 5.92 Å². The first-order valence-corrected chi connectivity index (χ1v) is 8.43. The van der Waals surface area contributed by atoms with Crippen molar-refractivity contribution < 1.29 is 4.39 Å². The van der Waals surface area contributed by atoms with Gasteiger partial charge in [-0.2, -0.15) is 0 Å². The van der Waals surface area contributed by atoms with Gasteiger partial charge < -0.3 is 0 Å². The Morgan fingerprint density at radius 1 is 1.08 bits per heavy atom. The average Bonchev–Trinajstić information content (AvgIpc) is 3.07. The van der Waals surface area contributed by atoms with Gasteiger partial charge in [-0.15, -0.1) is 5.10 Å². The molecule has 0 amide bonds. The number of aryl methyl sites for hydroxylation is 1. The fourth-order valence-electron chi connectivity index (χ4n) is 3.26. The number of rotatable bonds is 3. The van der Waals surface area contributed by atoms with Crippen LogP contribution in [-0.4, -0.2) is 24.1 Å². The van der Waals surface area contributed by atoms with Gasteiger partial charge in [0.1, 0.15) is 12.1 Å². The summed E-state index contributed by atoms with van der Waals surface area (Å²) < 4.78 is 17.1. The summed E-state index contributed by atoms with van der Waals surface area (Å²) in [7, 11) is 0. The van der Waals surface area contributed by atoms with E-state index in [0.29, 0.717) is 5.92 Å². The SMILES string of the molecule is Cc1c(C)n(-c2ccc(F)cc2)c2ncn3nc(CC(C)C)nc3c12. The minimum Gasteiger partial charge on any atom is -0.298 e. The largest absolute Gasteiger partial charge is 0.298 e. The van der Waals surface area contributed by atoms with Crippen molar-refractivity contribution in [1.29, 1.82) is 0 Å². The van der Waals surface area contributed by atoms with Gasteiger partial charge in [-0.05, 0) is 49.6 Å². The number of benzene rings is 1. The van der Waals surface area contributed by atoms with E-state index in [2.05, 4.69) is 30.9 Å². The average molecular weight is 337 g/mol. The molecular formula is C19H20FN5. The van der Waals surface area contributed by atoms with Crippen molar-refractivity contribution in [3.63, 3.8) is 0 Å². The van der Waals surface area contributed by atoms with Gasteiger partial charge in [0.25, 0.3) is 0 Å². The first-order valence-electron chi connectivity index (χ1n) is 8.43. The molecule has 4 aromatic rings. The second-order valence-electron chi connectivity index (χ2n) is 6.86. The van der Waals surface area contributed by atoms with Crippen LogP contribution >= 0.6 is 0 Å². The highest BCUT2D eigenvalue weighted by molar-refractivity contribution is 5.94. The molecule has 0 bridgehead atoms. The fraction of sp³-hybridized carbons (Fsp3) is 0.316. The van der Waals surface area contributed by atoms with Crippen molar-refractivity contribution >= 4 is 16.7 Å². The van der Waals surface area contributed by atoms with Gasteiger partial charge in [0, 0.05) is 17.8 Å². The van der Waals surface area contributed by atoms with Crippen molar-refractivity contribution in [2.75, 3.05) is 0 Å². The Morgan fingerprint density at radius 2 is 1.80 bits per heavy atom. The van der Waals surface area contributed by atoms with Crippen LogP contribution in [0.2, 0.25) is 0 Å². The molecule has 0 aliphatic rings. The summed E-state index contributed by atoms with van der Waals surface area (Å²) in [5, 5.41) is 5.54. The molecule has 6 heteroatoms. The molecule has 0 spiro atoms. The number of nitrogens with zero attached hydrogens (tertiary/aromatic N) is 5. The first-order chi connectivity index (χ1) is 12.0. The van der Waals surface area contributed by atoms with Gasteiger partial charge in [0.2, 0.25) is 0 Å². The second-order valence-corrected chi connectivity index (χ2v) is 6.86. The summed E-state index contributed by atoms with van der Waals surface area (Å²) in [6.45, 7) is 8.41. The second kappa shape index (κ2) is 5.65. The van der Waals surface area contributed by atoms with E-state index in [1.165, 1.54) is 12.1 Å². The highest BCUT2D eigenvalue weighted by Crippen LogP contribution is 2.29. The zero-order chi connectivity index (χ0) is 17.7. The number of halogens is 1. The Balaban J connectivity index is 2.00. The van der Waals surface area contributed by atoms with Crippen molar-refractivity contribution in [3.05, 3.63) is 53.5 Å². The van der Waals surface area contributed by atoms with Crippen LogP contribution in [0, 0.1) is 25.6 Å². The van der Waals surface area contributed by atoms with E-state index in [4.69, 9.17) is 4.98 Å². The third-order valence-corrected chi connectivity index (χ3v) is 4.55. The van der Waals surface area contributed by atoms with E-state index in [1.807, 2.05) is 11.5 Å². The zero-order valence-corrected chi connectivity index (χ0v) is 14.8. The number of fused-ring (bicyclic) bond motifs is 3. The van der Waals surface area contributed by atoms with E-state index in [-0.39, 0.29) is 5.82 Å². The minimum atomic E-state index is -0.249. The van der Waals surface area contributed by atoms with Crippen LogP contribution < -0.4 is 0 Å². The molecule has 0 aliphatic carbocycles. The molecule has 128 valence electrons. The molecule has 0 atom stereocenters. The smallest absolute Gasteiger partial charge is 0.168 e. The summed E-state index contributed by atoms with van der Waals surface area (Å²) in [6.07, 6.45) is 2.53. The Bertz CT molecular complexity index is 1070. The number of aromatic nitrogens is 5. The van der Waals surface area contributed by atoms with Crippen LogP contribution in [-0.2, 0) is 6.42 Å². The molecule has 5 nitrogen and oxygen atoms in total. The van der Waals surface area contributed by atoms with E-state index in [9.17, 15) is 4.39 Å². The lowest BCUT2D eigenvalue weighted by molar-refractivity contribution is 0.620. The molecule has 25 heavy (non-hydrogen) atoms. The van der Waals surface area contributed by atoms with E-state index >= 15 is 0 Å². The maximum atomic E-state index is 13.3. The number of hydrogen-bond acceptors (Lipinski definition) is 3. The van der Waals surface area contributed by atoms with Crippen molar-refractivity contribution in [1.82, 2.24) is 24.1 Å². The molecule has 3 heterocycles. The highest BCUT2D eigenvalue weighted by Gasteiger charge is 2.19. The maximum absolute atomic E-state index is 13.3. The minimum absolute atomic E-state index is 0.249. The quantitative estimate of drug-likeness (QED) is 0.567. The maximum Gasteiger partial charge on any atom is 0.168 e. The predicted molar refractivity (Wildman–Crippen MR) is 95.6 cm³/mol. The van der Waals surface area contributed by atoms with Crippen LogP contribution in [0.3, 0.4) is 0 Å². The number of hydrogen-bond donors (Lipinski definition) is 0. The van der Waals surface area contributed by atoms with Crippen LogP contribution in [0.25, 0.3) is 22.4 Å². The predicted octanol–water partition coefficient (Wildman–Crippen LogP) is 4.02. The third-order valence-electron chi connectivity index (χ3n) is 4.55. The summed E-state index contributed by atoms with van der Waals surface area (Å²) in [5.41, 5.74) is 4.70. The molecule has 0 fully saturated rings. The molecule has 0 radical (unpaired) electrons. The van der Waals surface area contributed by atoms with Gasteiger partial charge in [-0.1, -0.05) is 13.8 Å². The molecule has 4 rings (SSSR count). The third kappa shape index (κ3) is 2.49. The van der Waals surface area contributed by atoms with Gasteiger partial charge in [0.05, 0.1) is 5.39 Å². The Labute approximate surface area is 145 Å². The molecule has 0 aliphatic heterocycles. The lowest BCUT2D eigenvalue weighted by atomic mass is 10.1. The van der Waals surface area contributed by atoms with Crippen LogP contribution in [0.5, 0.6) is 0 Å². The normalized spacial score (nSPS) is 11.9. The van der Waals surface area contributed by atoms with Crippen LogP contribution in [0.4, 0.5) is 4.39 Å². The van der Waals surface area contributed by atoms with Crippen molar-refractivity contribution in [3.8, 4) is 5.69 Å². The van der Waals surface area contributed by atoms with E-state index < -0.39 is 0 Å². The van der Waals surface area contributed by atoms with Crippen LogP contribution in [0.1, 0.15) is 30.9 Å². The van der Waals surface area contributed by atoms with Crippen molar-refractivity contribution in [2.45, 2.75) is 34.1 Å². The molecule has 3 aromatic heterocycles. The Kier molecular flexibility index (Phi) is 3.56. The zero-order valence-electron chi connectivity index (χ0n) is 14.8. The molecule has 0 saturated heterocycles. The van der Waals surface area contributed by atoms with Gasteiger partial charge in [0.15, 0.2) is 17.1 Å². The van der Waals surface area contributed by atoms with Gasteiger partial charge in [-0.25, -0.2) is 18.9 Å². The fourth-order valence-corrected chi connectivity index (χ4v) is 3.26. The van der Waals surface area contributed by atoms with Gasteiger partial charge >= 0.3 is 0 Å². The summed E-state index contributed by atoms with van der Waals surface area (Å²) in [6, 6.07) is 6.46.